The first kappa shape index (κ1) is 24.5. The van der Waals surface area contributed by atoms with Crippen molar-refractivity contribution in [1.29, 1.82) is 5.41 Å². The minimum atomic E-state index is -0.494. The number of nitrogens with zero attached hydrogens (tertiary/aromatic N) is 3. The number of aryl methyl sites for hydroxylation is 1. The standard InChI is InChI=1S/C27H27N5O4S/c1-18-6-2-3-7-22(18)36-15-14-35-20-10-8-19(9-11-20)16-21-25(28)32-27(29-26(21)34)37-23(30-32)17-24(33)31-12-4-5-13-31/h2-3,6-11,16-17,28,30H,4-5,12-15H2,1H3/b21-16-,23-17+,28-25?. The molecule has 2 N–H and O–H groups in total. The zero-order valence-corrected chi connectivity index (χ0v) is 21.2. The number of carbonyl (C=O) groups is 1. The molecule has 5 rings (SSSR count). The Morgan fingerprint density at radius 1 is 1.11 bits per heavy atom. The van der Waals surface area contributed by atoms with E-state index >= 15 is 0 Å². The molecule has 1 saturated heterocycles. The number of fused-ring (bicyclic) bond motifs is 1. The number of hydrogen-bond donors (Lipinski definition) is 2. The lowest BCUT2D eigenvalue weighted by atomic mass is 10.2. The van der Waals surface area contributed by atoms with Crippen molar-refractivity contribution in [3.05, 3.63) is 85.4 Å². The highest BCUT2D eigenvalue weighted by Crippen LogP contribution is 2.16. The third kappa shape index (κ3) is 5.64. The van der Waals surface area contributed by atoms with Crippen LogP contribution in [0.5, 0.6) is 11.5 Å². The van der Waals surface area contributed by atoms with Gasteiger partial charge >= 0.3 is 0 Å². The van der Waals surface area contributed by atoms with Crippen LogP contribution >= 0.6 is 11.3 Å². The molecule has 0 spiro atoms. The number of nitrogens with one attached hydrogen (secondary N) is 2. The van der Waals surface area contributed by atoms with E-state index in [4.69, 9.17) is 14.9 Å². The molecule has 0 saturated carbocycles. The summed E-state index contributed by atoms with van der Waals surface area (Å²) in [5.74, 6) is 1.44. The minimum absolute atomic E-state index is 0.0202. The van der Waals surface area contributed by atoms with Crippen LogP contribution in [0.2, 0.25) is 0 Å². The Balaban J connectivity index is 1.30. The molecule has 0 atom stereocenters. The van der Waals surface area contributed by atoms with E-state index < -0.39 is 5.56 Å². The third-order valence-electron chi connectivity index (χ3n) is 6.09. The molecule has 10 heteroatoms. The van der Waals surface area contributed by atoms with Crippen molar-refractivity contribution in [1.82, 2.24) is 19.7 Å². The number of hydrogen-bond acceptors (Lipinski definition) is 7. The molecule has 0 aliphatic carbocycles. The van der Waals surface area contributed by atoms with Crippen molar-refractivity contribution in [2.24, 2.45) is 0 Å². The Hall–Kier alpha value is -4.18. The molecular weight excluding hydrogens is 490 g/mol. The SMILES string of the molecule is Cc1ccccc1OCCOc1ccc(/C=c2\c(=O)nc3s/c(=C/C(=O)N4CCCC4)[nH]n-3c2=N)cc1. The summed E-state index contributed by atoms with van der Waals surface area (Å²) < 4.78 is 13.5. The Kier molecular flexibility index (Phi) is 7.18. The lowest BCUT2D eigenvalue weighted by Crippen LogP contribution is -2.47. The van der Waals surface area contributed by atoms with E-state index in [0.717, 1.165) is 42.8 Å². The lowest BCUT2D eigenvalue weighted by Gasteiger charge is -2.10. The Morgan fingerprint density at radius 2 is 1.84 bits per heavy atom. The molecule has 9 nitrogen and oxygen atoms in total. The maximum absolute atomic E-state index is 12.7. The van der Waals surface area contributed by atoms with E-state index in [0.29, 0.717) is 28.8 Å². The topological polar surface area (TPSA) is 113 Å². The Morgan fingerprint density at radius 3 is 2.59 bits per heavy atom. The number of aromatic nitrogens is 3. The first-order valence-corrected chi connectivity index (χ1v) is 12.9. The zero-order chi connectivity index (χ0) is 25.8. The van der Waals surface area contributed by atoms with E-state index in [-0.39, 0.29) is 16.6 Å². The maximum atomic E-state index is 12.7. The van der Waals surface area contributed by atoms with E-state index in [2.05, 4.69) is 10.1 Å². The maximum Gasteiger partial charge on any atom is 0.283 e. The van der Waals surface area contributed by atoms with Gasteiger partial charge in [-0.3, -0.25) is 20.1 Å². The number of amides is 1. The van der Waals surface area contributed by atoms with Gasteiger partial charge in [-0.25, -0.2) is 4.68 Å². The van der Waals surface area contributed by atoms with Crippen molar-refractivity contribution in [3.63, 3.8) is 0 Å². The predicted octanol–water partition coefficient (Wildman–Crippen LogP) is 1.54. The number of rotatable bonds is 7. The molecule has 0 unspecified atom stereocenters. The second-order valence-electron chi connectivity index (χ2n) is 8.73. The molecule has 3 aliphatic rings. The van der Waals surface area contributed by atoms with Crippen molar-refractivity contribution >= 4 is 29.4 Å². The van der Waals surface area contributed by atoms with E-state index in [1.165, 1.54) is 22.1 Å². The predicted molar refractivity (Wildman–Crippen MR) is 141 cm³/mol. The van der Waals surface area contributed by atoms with Gasteiger partial charge in [0.1, 0.15) is 29.4 Å². The summed E-state index contributed by atoms with van der Waals surface area (Å²) in [4.78, 5) is 31.0. The van der Waals surface area contributed by atoms with Crippen LogP contribution < -0.4 is 30.4 Å². The van der Waals surface area contributed by atoms with Gasteiger partial charge in [0.15, 0.2) is 5.49 Å². The minimum Gasteiger partial charge on any atom is -0.490 e. The van der Waals surface area contributed by atoms with Gasteiger partial charge in [-0.2, -0.15) is 4.98 Å². The average Bonchev–Trinajstić information content (AvgIpc) is 3.57. The van der Waals surface area contributed by atoms with Crippen molar-refractivity contribution in [2.45, 2.75) is 19.8 Å². The summed E-state index contributed by atoms with van der Waals surface area (Å²) in [7, 11) is 0. The Labute approximate surface area is 216 Å². The molecule has 0 aromatic heterocycles. The van der Waals surface area contributed by atoms with Gasteiger partial charge in [0.2, 0.25) is 11.0 Å². The Bertz CT molecular complexity index is 1610. The average molecular weight is 518 g/mol. The van der Waals surface area contributed by atoms with Gasteiger partial charge in [-0.1, -0.05) is 41.7 Å². The number of carbonyl (C=O) groups excluding carboxylic acids is 1. The fraction of sp³-hybridized carbons (Fsp3) is 0.259. The van der Waals surface area contributed by atoms with Crippen LogP contribution in [0.3, 0.4) is 0 Å². The first-order chi connectivity index (χ1) is 18.0. The molecule has 0 bridgehead atoms. The molecule has 3 aliphatic heterocycles. The first-order valence-electron chi connectivity index (χ1n) is 12.1. The normalized spacial score (nSPS) is 14.5. The summed E-state index contributed by atoms with van der Waals surface area (Å²) in [5.41, 5.74) is 1.30. The van der Waals surface area contributed by atoms with Crippen molar-refractivity contribution in [2.75, 3.05) is 26.3 Å². The third-order valence-corrected chi connectivity index (χ3v) is 6.97. The fourth-order valence-electron chi connectivity index (χ4n) is 4.11. The van der Waals surface area contributed by atoms with Gasteiger partial charge in [0.25, 0.3) is 5.56 Å². The molecule has 2 aromatic carbocycles. The summed E-state index contributed by atoms with van der Waals surface area (Å²) in [5, 5.41) is 12.1. The van der Waals surface area contributed by atoms with E-state index in [1.807, 2.05) is 43.3 Å². The molecule has 190 valence electrons. The highest BCUT2D eigenvalue weighted by Gasteiger charge is 2.17. The number of likely N-dealkylation sites (tertiary alicyclic amines) is 1. The summed E-state index contributed by atoms with van der Waals surface area (Å²) in [6.45, 7) is 4.32. The van der Waals surface area contributed by atoms with Gasteiger partial charge in [-0.05, 0) is 55.2 Å². The van der Waals surface area contributed by atoms with Crippen molar-refractivity contribution < 1.29 is 14.3 Å². The van der Waals surface area contributed by atoms with Crippen LogP contribution in [0, 0.1) is 12.3 Å². The van der Waals surface area contributed by atoms with Gasteiger partial charge in [0, 0.05) is 19.2 Å². The number of ether oxygens (including phenoxy) is 2. The van der Waals surface area contributed by atoms with Gasteiger partial charge < -0.3 is 14.4 Å². The lowest BCUT2D eigenvalue weighted by molar-refractivity contribution is -0.123. The highest BCUT2D eigenvalue weighted by molar-refractivity contribution is 7.11. The molecule has 1 fully saturated rings. The van der Waals surface area contributed by atoms with E-state index in [1.54, 1.807) is 23.1 Å². The van der Waals surface area contributed by atoms with Crippen LogP contribution in [-0.4, -0.2) is 51.9 Å². The van der Waals surface area contributed by atoms with Gasteiger partial charge in [-0.15, -0.1) is 0 Å². The number of aromatic amines is 1. The van der Waals surface area contributed by atoms with Crippen LogP contribution in [0.25, 0.3) is 17.3 Å². The molecule has 3 heterocycles. The second-order valence-corrected chi connectivity index (χ2v) is 9.74. The van der Waals surface area contributed by atoms with E-state index in [9.17, 15) is 9.59 Å². The fourth-order valence-corrected chi connectivity index (χ4v) is 4.96. The quantitative estimate of drug-likeness (QED) is 0.361. The van der Waals surface area contributed by atoms with Crippen LogP contribution in [-0.2, 0) is 4.79 Å². The summed E-state index contributed by atoms with van der Waals surface area (Å²) >= 11 is 1.17. The number of benzene rings is 2. The van der Waals surface area contributed by atoms with Crippen LogP contribution in [0.15, 0.2) is 53.3 Å². The molecule has 0 radical (unpaired) electrons. The monoisotopic (exact) mass is 517 g/mol. The highest BCUT2D eigenvalue weighted by atomic mass is 32.1. The molecule has 1 amide bonds. The number of para-hydroxylation sites is 1. The largest absolute Gasteiger partial charge is 0.490 e. The van der Waals surface area contributed by atoms with Gasteiger partial charge in [0.05, 0.1) is 5.22 Å². The summed E-state index contributed by atoms with van der Waals surface area (Å²) in [6, 6.07) is 15.1. The number of H-pyrrole nitrogens is 1. The molecular formula is C27H27N5O4S. The van der Waals surface area contributed by atoms with Crippen LogP contribution in [0.1, 0.15) is 24.0 Å². The molecule has 2 aromatic rings. The smallest absolute Gasteiger partial charge is 0.283 e. The zero-order valence-electron chi connectivity index (χ0n) is 20.4. The summed E-state index contributed by atoms with van der Waals surface area (Å²) in [6.07, 6.45) is 5.15. The van der Waals surface area contributed by atoms with Crippen molar-refractivity contribution in [3.8, 4) is 16.6 Å². The van der Waals surface area contributed by atoms with Crippen LogP contribution in [0.4, 0.5) is 0 Å². The molecule has 37 heavy (non-hydrogen) atoms. The second kappa shape index (κ2) is 10.8.